The first kappa shape index (κ1) is 15.3. The van der Waals surface area contributed by atoms with Crippen molar-refractivity contribution in [3.05, 3.63) is 47.5 Å². The zero-order valence-electron chi connectivity index (χ0n) is 12.4. The Hall–Kier alpha value is -2.60. The van der Waals surface area contributed by atoms with Crippen molar-refractivity contribution in [3.8, 4) is 11.5 Å². The average Bonchev–Trinajstić information content (AvgIpc) is 2.53. The van der Waals surface area contributed by atoms with E-state index in [1.54, 1.807) is 38.5 Å². The second-order valence-electron chi connectivity index (χ2n) is 4.70. The molecule has 0 aliphatic heterocycles. The van der Waals surface area contributed by atoms with Gasteiger partial charge in [0.2, 0.25) is 5.28 Å². The average molecular weight is 334 g/mol. The van der Waals surface area contributed by atoms with E-state index in [0.717, 1.165) is 0 Å². The fraction of sp³-hybridized carbons (Fsp3) is 0.125. The fourth-order valence-corrected chi connectivity index (χ4v) is 2.40. The molecule has 0 saturated heterocycles. The Bertz CT molecular complexity index is 873. The van der Waals surface area contributed by atoms with E-state index in [-0.39, 0.29) is 11.1 Å². The summed E-state index contributed by atoms with van der Waals surface area (Å²) in [5.74, 6) is 1.17. The van der Waals surface area contributed by atoms with Crippen molar-refractivity contribution in [2.75, 3.05) is 19.5 Å². The smallest absolute Gasteiger partial charge is 0.224 e. The van der Waals surface area contributed by atoms with Gasteiger partial charge in [-0.2, -0.15) is 4.98 Å². The van der Waals surface area contributed by atoms with Crippen molar-refractivity contribution < 1.29 is 13.9 Å². The van der Waals surface area contributed by atoms with Gasteiger partial charge in [0.25, 0.3) is 0 Å². The number of aromatic nitrogens is 2. The van der Waals surface area contributed by atoms with Gasteiger partial charge in [-0.1, -0.05) is 6.07 Å². The van der Waals surface area contributed by atoms with Crippen LogP contribution in [0.4, 0.5) is 15.9 Å². The number of nitrogens with zero attached hydrogens (tertiary/aromatic N) is 2. The summed E-state index contributed by atoms with van der Waals surface area (Å²) in [6, 6.07) is 9.51. The minimum absolute atomic E-state index is 0.0728. The summed E-state index contributed by atoms with van der Waals surface area (Å²) in [7, 11) is 3.08. The summed E-state index contributed by atoms with van der Waals surface area (Å²) in [5.41, 5.74) is 1.14. The number of methoxy groups -OCH3 is 2. The Morgan fingerprint density at radius 3 is 2.48 bits per heavy atom. The van der Waals surface area contributed by atoms with Crippen molar-refractivity contribution in [2.24, 2.45) is 0 Å². The molecule has 3 rings (SSSR count). The van der Waals surface area contributed by atoms with E-state index in [2.05, 4.69) is 15.3 Å². The molecule has 0 spiro atoms. The maximum Gasteiger partial charge on any atom is 0.224 e. The molecule has 2 aromatic carbocycles. The van der Waals surface area contributed by atoms with Crippen LogP contribution in [0.3, 0.4) is 0 Å². The lowest BCUT2D eigenvalue weighted by Gasteiger charge is -2.12. The lowest BCUT2D eigenvalue weighted by molar-refractivity contribution is 0.356. The minimum atomic E-state index is -0.348. The molecule has 0 atom stereocenters. The SMILES string of the molecule is COc1cc2nc(Cl)nc(Nc3cccc(F)c3)c2cc1OC. The van der Waals surface area contributed by atoms with E-state index in [1.165, 1.54) is 12.1 Å². The number of fused-ring (bicyclic) bond motifs is 1. The van der Waals surface area contributed by atoms with Gasteiger partial charge in [-0.15, -0.1) is 0 Å². The van der Waals surface area contributed by atoms with Crippen LogP contribution in [0.2, 0.25) is 5.28 Å². The Morgan fingerprint density at radius 1 is 1.04 bits per heavy atom. The van der Waals surface area contributed by atoms with Gasteiger partial charge in [-0.25, -0.2) is 9.37 Å². The molecular weight excluding hydrogens is 321 g/mol. The largest absolute Gasteiger partial charge is 0.493 e. The van der Waals surface area contributed by atoms with Crippen molar-refractivity contribution >= 4 is 34.0 Å². The van der Waals surface area contributed by atoms with Crippen LogP contribution >= 0.6 is 11.6 Å². The third-order valence-electron chi connectivity index (χ3n) is 3.26. The topological polar surface area (TPSA) is 56.3 Å². The first-order chi connectivity index (χ1) is 11.1. The number of rotatable bonds is 4. The molecule has 3 aromatic rings. The second kappa shape index (κ2) is 6.26. The summed E-state index contributed by atoms with van der Waals surface area (Å²) in [5, 5.41) is 3.80. The lowest BCUT2D eigenvalue weighted by atomic mass is 10.2. The van der Waals surface area contributed by atoms with Gasteiger partial charge in [-0.05, 0) is 35.9 Å². The summed E-state index contributed by atoms with van der Waals surface area (Å²) in [4.78, 5) is 8.37. The standard InChI is InChI=1S/C16H13ClFN3O2/c1-22-13-7-11-12(8-14(13)23-2)20-16(17)21-15(11)19-10-5-3-4-9(18)6-10/h3-8H,1-2H3,(H,19,20,21). The van der Waals surface area contributed by atoms with Crippen LogP contribution < -0.4 is 14.8 Å². The number of ether oxygens (including phenoxy) is 2. The minimum Gasteiger partial charge on any atom is -0.493 e. The van der Waals surface area contributed by atoms with E-state index in [4.69, 9.17) is 21.1 Å². The predicted octanol–water partition coefficient (Wildman–Crippen LogP) is 4.18. The lowest BCUT2D eigenvalue weighted by Crippen LogP contribution is -1.99. The van der Waals surface area contributed by atoms with Crippen LogP contribution in [0.15, 0.2) is 36.4 Å². The zero-order valence-corrected chi connectivity index (χ0v) is 13.2. The van der Waals surface area contributed by atoms with E-state index in [0.29, 0.717) is 33.9 Å². The maximum absolute atomic E-state index is 13.3. The summed E-state index contributed by atoms with van der Waals surface area (Å²) in [6.07, 6.45) is 0. The first-order valence-electron chi connectivity index (χ1n) is 6.72. The zero-order chi connectivity index (χ0) is 16.4. The number of nitrogens with one attached hydrogen (secondary N) is 1. The quantitative estimate of drug-likeness (QED) is 0.726. The molecule has 0 fully saturated rings. The van der Waals surface area contributed by atoms with E-state index < -0.39 is 0 Å². The third-order valence-corrected chi connectivity index (χ3v) is 3.43. The molecule has 0 saturated carbocycles. The maximum atomic E-state index is 13.3. The highest BCUT2D eigenvalue weighted by Gasteiger charge is 2.13. The molecule has 1 heterocycles. The summed E-state index contributed by atoms with van der Waals surface area (Å²) < 4.78 is 23.9. The van der Waals surface area contributed by atoms with E-state index in [1.807, 2.05) is 0 Å². The van der Waals surface area contributed by atoms with Gasteiger partial charge in [0.15, 0.2) is 11.5 Å². The van der Waals surface area contributed by atoms with Crippen LogP contribution in [0.1, 0.15) is 0 Å². The van der Waals surface area contributed by atoms with Gasteiger partial charge < -0.3 is 14.8 Å². The predicted molar refractivity (Wildman–Crippen MR) is 87.3 cm³/mol. The van der Waals surface area contributed by atoms with Crippen LogP contribution in [0.5, 0.6) is 11.5 Å². The van der Waals surface area contributed by atoms with Gasteiger partial charge in [0, 0.05) is 17.1 Å². The molecule has 7 heteroatoms. The van der Waals surface area contributed by atoms with Gasteiger partial charge >= 0.3 is 0 Å². The molecule has 118 valence electrons. The summed E-state index contributed by atoms with van der Waals surface area (Å²) in [6.45, 7) is 0. The van der Waals surface area contributed by atoms with E-state index in [9.17, 15) is 4.39 Å². The summed E-state index contributed by atoms with van der Waals surface area (Å²) >= 11 is 5.98. The van der Waals surface area contributed by atoms with Gasteiger partial charge in [-0.3, -0.25) is 0 Å². The molecule has 1 N–H and O–H groups in total. The molecule has 0 bridgehead atoms. The molecule has 0 aliphatic rings. The number of hydrogen-bond donors (Lipinski definition) is 1. The van der Waals surface area contributed by atoms with Crippen molar-refractivity contribution in [3.63, 3.8) is 0 Å². The van der Waals surface area contributed by atoms with Gasteiger partial charge in [0.05, 0.1) is 19.7 Å². The molecule has 1 aromatic heterocycles. The Balaban J connectivity index is 2.15. The normalized spacial score (nSPS) is 10.6. The Labute approximate surface area is 137 Å². The Kier molecular flexibility index (Phi) is 4.16. The van der Waals surface area contributed by atoms with E-state index >= 15 is 0 Å². The van der Waals surface area contributed by atoms with Crippen molar-refractivity contribution in [1.29, 1.82) is 0 Å². The van der Waals surface area contributed by atoms with Crippen molar-refractivity contribution in [2.45, 2.75) is 0 Å². The van der Waals surface area contributed by atoms with Gasteiger partial charge in [0.1, 0.15) is 11.6 Å². The number of hydrogen-bond acceptors (Lipinski definition) is 5. The number of halogens is 2. The molecule has 0 unspecified atom stereocenters. The van der Waals surface area contributed by atoms with Crippen LogP contribution in [0.25, 0.3) is 10.9 Å². The first-order valence-corrected chi connectivity index (χ1v) is 7.10. The Morgan fingerprint density at radius 2 is 1.78 bits per heavy atom. The molecular formula is C16H13ClFN3O2. The second-order valence-corrected chi connectivity index (χ2v) is 5.04. The third kappa shape index (κ3) is 3.12. The number of benzene rings is 2. The number of anilines is 2. The van der Waals surface area contributed by atoms with Crippen molar-refractivity contribution in [1.82, 2.24) is 9.97 Å². The highest BCUT2D eigenvalue weighted by molar-refractivity contribution is 6.28. The van der Waals surface area contributed by atoms with Crippen LogP contribution in [-0.4, -0.2) is 24.2 Å². The molecule has 0 radical (unpaired) electrons. The van der Waals surface area contributed by atoms with Crippen LogP contribution in [0, 0.1) is 5.82 Å². The molecule has 23 heavy (non-hydrogen) atoms. The molecule has 0 aliphatic carbocycles. The van der Waals surface area contributed by atoms with Crippen LogP contribution in [-0.2, 0) is 0 Å². The highest BCUT2D eigenvalue weighted by atomic mass is 35.5. The fourth-order valence-electron chi connectivity index (χ4n) is 2.23. The monoisotopic (exact) mass is 333 g/mol. The molecule has 5 nitrogen and oxygen atoms in total. The highest BCUT2D eigenvalue weighted by Crippen LogP contribution is 2.35. The molecule has 0 amide bonds.